The molecule has 15 heteroatoms. The van der Waals surface area contributed by atoms with E-state index in [1.807, 2.05) is 11.8 Å². The second-order valence-electron chi connectivity index (χ2n) is 10.2. The quantitative estimate of drug-likeness (QED) is 0.392. The average Bonchev–Trinajstić information content (AvgIpc) is 3.43. The summed E-state index contributed by atoms with van der Waals surface area (Å²) in [5.41, 5.74) is -1.77. The van der Waals surface area contributed by atoms with Gasteiger partial charge in [-0.2, -0.15) is 18.2 Å². The molecule has 0 bridgehead atoms. The number of carbonyl (C=O) groups excluding carboxylic acids is 2. The van der Waals surface area contributed by atoms with Crippen LogP contribution in [0.15, 0.2) is 40.9 Å². The number of piperazine rings is 1. The summed E-state index contributed by atoms with van der Waals surface area (Å²) < 4.78 is 74.1. The Morgan fingerprint density at radius 3 is 2.31 bits per heavy atom. The minimum Gasteiger partial charge on any atom is -0.417 e. The number of hydrogen-bond donors (Lipinski definition) is 2. The lowest BCUT2D eigenvalue weighted by atomic mass is 10.0. The van der Waals surface area contributed by atoms with Gasteiger partial charge < -0.3 is 29.8 Å². The average molecular weight is 594 g/mol. The standard InChI is InChI=1S/C27H28F5N7O3/c1-16-4-3-9-39(15-16)26-36-23(27(30,31)32)22(42-26)24(40)34-17-7-8-20(33-14-17)37-10-12-38(13-11-37)25(41)35-21-18(28)5-2-6-19(21)29/h2,5-8,14,16H,3-4,9-13,15H2,1H3,(H,34,40)(H,35,41). The van der Waals surface area contributed by atoms with E-state index in [0.29, 0.717) is 32.0 Å². The lowest BCUT2D eigenvalue weighted by Gasteiger charge is -2.35. The van der Waals surface area contributed by atoms with Gasteiger partial charge in [0.05, 0.1) is 11.9 Å². The minimum atomic E-state index is -4.89. The molecule has 0 aliphatic carbocycles. The van der Waals surface area contributed by atoms with E-state index in [0.717, 1.165) is 25.0 Å². The van der Waals surface area contributed by atoms with E-state index in [9.17, 15) is 31.5 Å². The van der Waals surface area contributed by atoms with E-state index in [2.05, 4.69) is 20.6 Å². The van der Waals surface area contributed by atoms with Crippen molar-refractivity contribution in [3.8, 4) is 0 Å². The van der Waals surface area contributed by atoms with Crippen molar-refractivity contribution in [2.45, 2.75) is 25.9 Å². The highest BCUT2D eigenvalue weighted by molar-refractivity contribution is 6.03. The summed E-state index contributed by atoms with van der Waals surface area (Å²) in [4.78, 5) is 38.1. The Hall–Kier alpha value is -4.43. The summed E-state index contributed by atoms with van der Waals surface area (Å²) >= 11 is 0. The van der Waals surface area contributed by atoms with Crippen molar-refractivity contribution in [1.82, 2.24) is 14.9 Å². The number of benzene rings is 1. The van der Waals surface area contributed by atoms with E-state index in [1.165, 1.54) is 23.2 Å². The number of pyridine rings is 1. The number of anilines is 4. The van der Waals surface area contributed by atoms with Gasteiger partial charge in [-0.3, -0.25) is 4.79 Å². The molecule has 2 aromatic heterocycles. The molecule has 10 nitrogen and oxygen atoms in total. The molecule has 4 heterocycles. The first kappa shape index (κ1) is 29.1. The molecule has 2 aliphatic heterocycles. The van der Waals surface area contributed by atoms with Crippen molar-refractivity contribution in [3.63, 3.8) is 0 Å². The van der Waals surface area contributed by atoms with Crippen LogP contribution in [-0.2, 0) is 6.18 Å². The topological polar surface area (TPSA) is 107 Å². The largest absolute Gasteiger partial charge is 0.437 e. The normalized spacial score (nSPS) is 17.8. The lowest BCUT2D eigenvalue weighted by Crippen LogP contribution is -2.50. The first-order chi connectivity index (χ1) is 20.0. The number of nitrogens with one attached hydrogen (secondary N) is 2. The van der Waals surface area contributed by atoms with E-state index in [-0.39, 0.29) is 30.7 Å². The van der Waals surface area contributed by atoms with Gasteiger partial charge in [-0.05, 0) is 43.0 Å². The van der Waals surface area contributed by atoms with E-state index in [4.69, 9.17) is 4.42 Å². The SMILES string of the molecule is CC1CCCN(c2nc(C(F)(F)F)c(C(=O)Nc3ccc(N4CCN(C(=O)Nc5c(F)cccc5F)CC4)nc3)o2)C1. The lowest BCUT2D eigenvalue weighted by molar-refractivity contribution is -0.141. The number of carbonyl (C=O) groups is 2. The molecular formula is C27H28F5N7O3. The third kappa shape index (κ3) is 6.39. The fourth-order valence-corrected chi connectivity index (χ4v) is 4.93. The van der Waals surface area contributed by atoms with Crippen LogP contribution in [0.25, 0.3) is 0 Å². The Bertz CT molecular complexity index is 1420. The van der Waals surface area contributed by atoms with Crippen molar-refractivity contribution in [1.29, 1.82) is 0 Å². The molecule has 0 saturated carbocycles. The van der Waals surface area contributed by atoms with Crippen LogP contribution in [0.1, 0.15) is 36.0 Å². The first-order valence-corrected chi connectivity index (χ1v) is 13.3. The molecule has 1 aromatic carbocycles. The first-order valence-electron chi connectivity index (χ1n) is 13.3. The Kier molecular flexibility index (Phi) is 8.18. The molecule has 0 spiro atoms. The molecule has 2 saturated heterocycles. The molecule has 1 atom stereocenters. The number of hydrogen-bond acceptors (Lipinski definition) is 7. The van der Waals surface area contributed by atoms with Crippen LogP contribution in [0.2, 0.25) is 0 Å². The van der Waals surface area contributed by atoms with Crippen molar-refractivity contribution in [2.75, 3.05) is 59.7 Å². The van der Waals surface area contributed by atoms with Crippen LogP contribution in [-0.4, -0.2) is 66.1 Å². The fraction of sp³-hybridized carbons (Fsp3) is 0.407. The Balaban J connectivity index is 1.20. The number of halogens is 5. The Labute approximate surface area is 237 Å². The van der Waals surface area contributed by atoms with Crippen LogP contribution >= 0.6 is 0 Å². The maximum atomic E-state index is 13.9. The number of urea groups is 1. The minimum absolute atomic E-state index is 0.145. The van der Waals surface area contributed by atoms with Crippen LogP contribution in [0.4, 0.5) is 50.0 Å². The zero-order valence-corrected chi connectivity index (χ0v) is 22.5. The summed E-state index contributed by atoms with van der Waals surface area (Å²) in [5.74, 6) is -3.03. The smallest absolute Gasteiger partial charge is 0.417 e. The van der Waals surface area contributed by atoms with Crippen molar-refractivity contribution >= 4 is 35.1 Å². The number of rotatable bonds is 5. The number of para-hydroxylation sites is 1. The number of piperidine rings is 1. The zero-order valence-electron chi connectivity index (χ0n) is 22.5. The van der Waals surface area contributed by atoms with Crippen LogP contribution < -0.4 is 20.4 Å². The highest BCUT2D eigenvalue weighted by Crippen LogP contribution is 2.35. The summed E-state index contributed by atoms with van der Waals surface area (Å²) in [6, 6.07) is 5.46. The molecule has 42 heavy (non-hydrogen) atoms. The highest BCUT2D eigenvalue weighted by atomic mass is 19.4. The maximum absolute atomic E-state index is 13.9. The number of amides is 3. The summed E-state index contributed by atoms with van der Waals surface area (Å²) in [7, 11) is 0. The van der Waals surface area contributed by atoms with Crippen LogP contribution in [0.5, 0.6) is 0 Å². The number of alkyl halides is 3. The molecule has 2 fully saturated rings. The summed E-state index contributed by atoms with van der Waals surface area (Å²) in [6.45, 7) is 4.15. The zero-order chi connectivity index (χ0) is 30.0. The van der Waals surface area contributed by atoms with Gasteiger partial charge in [-0.15, -0.1) is 0 Å². The van der Waals surface area contributed by atoms with E-state index in [1.54, 1.807) is 11.0 Å². The molecule has 2 N–H and O–H groups in total. The van der Waals surface area contributed by atoms with Gasteiger partial charge in [0.25, 0.3) is 11.9 Å². The fourth-order valence-electron chi connectivity index (χ4n) is 4.93. The molecule has 3 aromatic rings. The third-order valence-corrected chi connectivity index (χ3v) is 7.11. The number of aromatic nitrogens is 2. The molecule has 5 rings (SSSR count). The molecule has 3 amide bonds. The Morgan fingerprint density at radius 1 is 0.976 bits per heavy atom. The van der Waals surface area contributed by atoms with Gasteiger partial charge in [0, 0.05) is 39.3 Å². The predicted molar refractivity (Wildman–Crippen MR) is 143 cm³/mol. The number of oxazole rings is 1. The third-order valence-electron chi connectivity index (χ3n) is 7.11. The Morgan fingerprint density at radius 2 is 1.69 bits per heavy atom. The molecule has 1 unspecified atom stereocenters. The molecule has 2 aliphatic rings. The van der Waals surface area contributed by atoms with Crippen molar-refractivity contribution < 1.29 is 36.0 Å². The van der Waals surface area contributed by atoms with Crippen molar-refractivity contribution in [2.24, 2.45) is 5.92 Å². The van der Waals surface area contributed by atoms with Crippen LogP contribution in [0, 0.1) is 17.6 Å². The monoisotopic (exact) mass is 593 g/mol. The summed E-state index contributed by atoms with van der Waals surface area (Å²) in [5, 5.41) is 4.64. The summed E-state index contributed by atoms with van der Waals surface area (Å²) in [6.07, 6.45) is -1.87. The van der Waals surface area contributed by atoms with Crippen molar-refractivity contribution in [3.05, 3.63) is 59.6 Å². The van der Waals surface area contributed by atoms with Gasteiger partial charge >= 0.3 is 12.2 Å². The van der Waals surface area contributed by atoms with Gasteiger partial charge in [-0.25, -0.2) is 18.6 Å². The van der Waals surface area contributed by atoms with Crippen LogP contribution in [0.3, 0.4) is 0 Å². The van der Waals surface area contributed by atoms with E-state index < -0.39 is 46.9 Å². The predicted octanol–water partition coefficient (Wildman–Crippen LogP) is 5.21. The molecule has 0 radical (unpaired) electrons. The van der Waals surface area contributed by atoms with Gasteiger partial charge in [-0.1, -0.05) is 13.0 Å². The van der Waals surface area contributed by atoms with E-state index >= 15 is 0 Å². The second-order valence-corrected chi connectivity index (χ2v) is 10.2. The highest BCUT2D eigenvalue weighted by Gasteiger charge is 2.42. The molecular weight excluding hydrogens is 565 g/mol. The van der Waals surface area contributed by atoms with Gasteiger partial charge in [0.15, 0.2) is 5.69 Å². The number of nitrogens with zero attached hydrogens (tertiary/aromatic N) is 5. The maximum Gasteiger partial charge on any atom is 0.437 e. The second kappa shape index (κ2) is 11.8. The molecule has 224 valence electrons. The van der Waals surface area contributed by atoms with Gasteiger partial charge in [0.2, 0.25) is 5.76 Å². The van der Waals surface area contributed by atoms with Gasteiger partial charge in [0.1, 0.15) is 23.1 Å².